The van der Waals surface area contributed by atoms with Crippen LogP contribution in [0.1, 0.15) is 29.9 Å². The maximum atomic E-state index is 14.2. The minimum atomic E-state index is -0.833. The predicted molar refractivity (Wildman–Crippen MR) is 169 cm³/mol. The Labute approximate surface area is 258 Å². The van der Waals surface area contributed by atoms with Gasteiger partial charge in [-0.15, -0.1) is 0 Å². The van der Waals surface area contributed by atoms with Crippen molar-refractivity contribution in [1.29, 1.82) is 0 Å². The van der Waals surface area contributed by atoms with Gasteiger partial charge in [-0.3, -0.25) is 9.36 Å². The van der Waals surface area contributed by atoms with Crippen LogP contribution in [0.2, 0.25) is 0 Å². The number of furan rings is 1. The number of aromatic nitrogens is 1. The van der Waals surface area contributed by atoms with Crippen LogP contribution < -0.4 is 29.3 Å². The van der Waals surface area contributed by atoms with Crippen molar-refractivity contribution in [2.24, 2.45) is 4.99 Å². The zero-order chi connectivity index (χ0) is 30.8. The van der Waals surface area contributed by atoms with Gasteiger partial charge in [0.2, 0.25) is 0 Å². The average Bonchev–Trinajstić information content (AvgIpc) is 3.64. The molecule has 44 heavy (non-hydrogen) atoms. The van der Waals surface area contributed by atoms with Gasteiger partial charge in [0.25, 0.3) is 5.56 Å². The minimum absolute atomic E-state index is 0.168. The standard InChI is InChI=1S/C33H34N4O6S/c1-5-42-32(39)28-29(21-9-7-6-8-10-21)34-33-37(30(28)22-11-13-24(40-3)25(19-22)41-4)31(38)26(44-33)20-23-12-14-27(43-23)36-17-15-35(2)16-18-36/h6-14,19-20,30H,5,15-18H2,1-4H3/b26-20-. The Hall–Kier alpha value is -4.61. The number of fused-ring (bicyclic) bond motifs is 1. The van der Waals surface area contributed by atoms with Gasteiger partial charge in [-0.05, 0) is 37.7 Å². The van der Waals surface area contributed by atoms with Crippen LogP contribution in [0.25, 0.3) is 11.8 Å². The molecule has 0 aliphatic carbocycles. The molecule has 0 radical (unpaired) electrons. The molecule has 0 bridgehead atoms. The normalized spacial score (nSPS) is 17.3. The molecule has 0 saturated carbocycles. The number of likely N-dealkylation sites (N-methyl/N-ethyl adjacent to an activating group) is 1. The van der Waals surface area contributed by atoms with Crippen LogP contribution in [0.4, 0.5) is 5.88 Å². The van der Waals surface area contributed by atoms with Crippen molar-refractivity contribution in [2.75, 3.05) is 59.0 Å². The van der Waals surface area contributed by atoms with Gasteiger partial charge in [0.15, 0.2) is 22.2 Å². The van der Waals surface area contributed by atoms with Gasteiger partial charge in [0, 0.05) is 43.9 Å². The third-order valence-electron chi connectivity index (χ3n) is 7.80. The monoisotopic (exact) mass is 614 g/mol. The summed E-state index contributed by atoms with van der Waals surface area (Å²) in [6.45, 7) is 5.57. The van der Waals surface area contributed by atoms with E-state index in [4.69, 9.17) is 23.6 Å². The number of rotatable bonds is 8. The maximum Gasteiger partial charge on any atom is 0.338 e. The number of thiazole rings is 1. The third-order valence-corrected chi connectivity index (χ3v) is 8.78. The first-order valence-electron chi connectivity index (χ1n) is 14.5. The van der Waals surface area contributed by atoms with E-state index in [2.05, 4.69) is 16.8 Å². The number of nitrogens with zero attached hydrogens (tertiary/aromatic N) is 4. The van der Waals surface area contributed by atoms with Gasteiger partial charge in [0.1, 0.15) is 5.76 Å². The van der Waals surface area contributed by atoms with Crippen molar-refractivity contribution in [2.45, 2.75) is 13.0 Å². The summed E-state index contributed by atoms with van der Waals surface area (Å²) in [4.78, 5) is 37.7. The fraction of sp³-hybridized carbons (Fsp3) is 0.303. The van der Waals surface area contributed by atoms with E-state index in [0.717, 1.165) is 37.6 Å². The number of piperazine rings is 1. The lowest BCUT2D eigenvalue weighted by molar-refractivity contribution is -0.138. The summed E-state index contributed by atoms with van der Waals surface area (Å²) < 4.78 is 24.8. The topological polar surface area (TPSA) is 98.7 Å². The first-order valence-corrected chi connectivity index (χ1v) is 15.3. The van der Waals surface area contributed by atoms with Crippen molar-refractivity contribution >= 4 is 35.0 Å². The number of hydrogen-bond donors (Lipinski definition) is 0. The summed E-state index contributed by atoms with van der Waals surface area (Å²) in [5, 5.41) is 0. The molecule has 6 rings (SSSR count). The van der Waals surface area contributed by atoms with E-state index >= 15 is 0 Å². The molecule has 1 saturated heterocycles. The number of methoxy groups -OCH3 is 2. The van der Waals surface area contributed by atoms with Crippen molar-refractivity contribution in [1.82, 2.24) is 9.47 Å². The summed E-state index contributed by atoms with van der Waals surface area (Å²) in [7, 11) is 5.21. The summed E-state index contributed by atoms with van der Waals surface area (Å²) in [5.41, 5.74) is 1.81. The van der Waals surface area contributed by atoms with E-state index < -0.39 is 12.0 Å². The van der Waals surface area contributed by atoms with E-state index in [0.29, 0.717) is 37.9 Å². The highest BCUT2D eigenvalue weighted by Gasteiger charge is 2.35. The molecule has 2 aliphatic heterocycles. The van der Waals surface area contributed by atoms with Crippen LogP contribution in [-0.4, -0.2) is 69.5 Å². The van der Waals surface area contributed by atoms with E-state index in [1.807, 2.05) is 48.5 Å². The average molecular weight is 615 g/mol. The Balaban J connectivity index is 1.54. The smallest absolute Gasteiger partial charge is 0.338 e. The number of carbonyl (C=O) groups is 1. The quantitative estimate of drug-likeness (QED) is 0.279. The molecule has 0 spiro atoms. The molecule has 2 aromatic carbocycles. The molecule has 0 amide bonds. The first-order chi connectivity index (χ1) is 21.4. The molecule has 1 fully saturated rings. The lowest BCUT2D eigenvalue weighted by atomic mass is 9.93. The molecule has 2 aromatic heterocycles. The summed E-state index contributed by atoms with van der Waals surface area (Å²) in [5.74, 6) is 1.80. The summed E-state index contributed by atoms with van der Waals surface area (Å²) in [6.07, 6.45) is 1.74. The highest BCUT2D eigenvalue weighted by molar-refractivity contribution is 7.07. The Morgan fingerprint density at radius 2 is 1.77 bits per heavy atom. The number of ether oxygens (including phenoxy) is 3. The summed E-state index contributed by atoms with van der Waals surface area (Å²) >= 11 is 1.25. The molecule has 4 aromatic rings. The van der Waals surface area contributed by atoms with E-state index in [9.17, 15) is 9.59 Å². The highest BCUT2D eigenvalue weighted by Crippen LogP contribution is 2.38. The number of esters is 1. The van der Waals surface area contributed by atoms with Crippen molar-refractivity contribution < 1.29 is 23.4 Å². The largest absolute Gasteiger partial charge is 0.493 e. The second-order valence-electron chi connectivity index (χ2n) is 10.5. The van der Waals surface area contributed by atoms with Crippen LogP contribution in [-0.2, 0) is 9.53 Å². The zero-order valence-electron chi connectivity index (χ0n) is 25.1. The van der Waals surface area contributed by atoms with Gasteiger partial charge in [-0.25, -0.2) is 9.79 Å². The lowest BCUT2D eigenvalue weighted by Gasteiger charge is -2.32. The van der Waals surface area contributed by atoms with Crippen LogP contribution >= 0.6 is 11.3 Å². The van der Waals surface area contributed by atoms with Crippen LogP contribution in [0, 0.1) is 0 Å². The van der Waals surface area contributed by atoms with Crippen LogP contribution in [0.5, 0.6) is 11.5 Å². The molecule has 1 unspecified atom stereocenters. The number of hydrogen-bond acceptors (Lipinski definition) is 10. The van der Waals surface area contributed by atoms with Gasteiger partial charge in [-0.2, -0.15) is 0 Å². The van der Waals surface area contributed by atoms with E-state index in [1.54, 1.807) is 43.9 Å². The first kappa shape index (κ1) is 29.5. The van der Waals surface area contributed by atoms with Gasteiger partial charge in [0.05, 0.1) is 42.7 Å². The van der Waals surface area contributed by atoms with Gasteiger partial charge < -0.3 is 28.4 Å². The maximum absolute atomic E-state index is 14.2. The van der Waals surface area contributed by atoms with Gasteiger partial charge in [-0.1, -0.05) is 47.7 Å². The Bertz CT molecular complexity index is 1880. The predicted octanol–water partition coefficient (Wildman–Crippen LogP) is 3.30. The molecule has 4 heterocycles. The van der Waals surface area contributed by atoms with Crippen molar-refractivity contribution in [3.8, 4) is 11.5 Å². The molecule has 11 heteroatoms. The molecule has 1 atom stereocenters. The molecule has 228 valence electrons. The van der Waals surface area contributed by atoms with E-state index in [-0.39, 0.29) is 17.7 Å². The van der Waals surface area contributed by atoms with Crippen molar-refractivity contribution in [3.63, 3.8) is 0 Å². The summed E-state index contributed by atoms with van der Waals surface area (Å²) in [6, 6.07) is 17.8. The van der Waals surface area contributed by atoms with Crippen LogP contribution in [0.15, 0.2) is 80.4 Å². The Morgan fingerprint density at radius 1 is 1.02 bits per heavy atom. The molecular formula is C33H34N4O6S. The molecule has 2 aliphatic rings. The Morgan fingerprint density at radius 3 is 2.48 bits per heavy atom. The fourth-order valence-electron chi connectivity index (χ4n) is 5.52. The molecule has 0 N–H and O–H groups in total. The Kier molecular flexibility index (Phi) is 8.40. The van der Waals surface area contributed by atoms with E-state index in [1.165, 1.54) is 11.3 Å². The van der Waals surface area contributed by atoms with Gasteiger partial charge >= 0.3 is 5.97 Å². The fourth-order valence-corrected chi connectivity index (χ4v) is 6.51. The molecular weight excluding hydrogens is 580 g/mol. The zero-order valence-corrected chi connectivity index (χ0v) is 25.9. The third kappa shape index (κ3) is 5.56. The highest BCUT2D eigenvalue weighted by atomic mass is 32.1. The number of carbonyl (C=O) groups excluding carboxylic acids is 1. The lowest BCUT2D eigenvalue weighted by Crippen LogP contribution is -2.44. The number of anilines is 1. The molecule has 10 nitrogen and oxygen atoms in total. The number of benzene rings is 2. The van der Waals surface area contributed by atoms with Crippen molar-refractivity contribution in [3.05, 3.63) is 103 Å². The second-order valence-corrected chi connectivity index (χ2v) is 11.5. The van der Waals surface area contributed by atoms with Crippen LogP contribution in [0.3, 0.4) is 0 Å². The second kappa shape index (κ2) is 12.6. The SMILES string of the molecule is CCOC(=O)C1=C(c2ccccc2)N=c2s/c(=C\c3ccc(N4CCN(C)CC4)o3)c(=O)n2C1c1ccc(OC)c(OC)c1. The minimum Gasteiger partial charge on any atom is -0.493 e.